The number of quaternary nitrogens is 1. The maximum atomic E-state index is 12.5. The van der Waals surface area contributed by atoms with Crippen LogP contribution in [0.5, 0.6) is 11.5 Å². The molecule has 0 saturated carbocycles. The maximum absolute atomic E-state index is 12.5. The summed E-state index contributed by atoms with van der Waals surface area (Å²) in [6.07, 6.45) is 0.876. The predicted molar refractivity (Wildman–Crippen MR) is 115 cm³/mol. The van der Waals surface area contributed by atoms with Gasteiger partial charge in [0, 0.05) is 5.69 Å². The summed E-state index contributed by atoms with van der Waals surface area (Å²) in [5.74, 6) is 1.11. The van der Waals surface area contributed by atoms with E-state index in [1.807, 2.05) is 36.4 Å². The molecule has 2 N–H and O–H groups in total. The molecule has 7 nitrogen and oxygen atoms in total. The van der Waals surface area contributed by atoms with Crippen molar-refractivity contribution in [2.75, 3.05) is 51.8 Å². The zero-order valence-corrected chi connectivity index (χ0v) is 17.6. The van der Waals surface area contributed by atoms with E-state index in [9.17, 15) is 9.59 Å². The number of nitrogens with zero attached hydrogens (tertiary/aromatic N) is 1. The second-order valence-corrected chi connectivity index (χ2v) is 7.31. The standard InChI is InChI=1S/C23H29N3O4/c1-3-18-8-4-5-9-19(18)24-22(27)16-25-12-14-26(15-13-25)23(28)17-30-21-11-7-6-10-20(21)29-2/h4-11H,3,12-17H2,1-2H3,(H,24,27)/p+1. The molecular weight excluding hydrogens is 382 g/mol. The number of carbonyl (C=O) groups excluding carboxylic acids is 2. The van der Waals surface area contributed by atoms with Gasteiger partial charge in [-0.1, -0.05) is 37.3 Å². The molecule has 3 rings (SSSR count). The van der Waals surface area contributed by atoms with Crippen LogP contribution in [0.15, 0.2) is 48.5 Å². The summed E-state index contributed by atoms with van der Waals surface area (Å²) in [5, 5.41) is 3.02. The van der Waals surface area contributed by atoms with Gasteiger partial charge in [-0.15, -0.1) is 0 Å². The van der Waals surface area contributed by atoms with Gasteiger partial charge in [0.25, 0.3) is 11.8 Å². The van der Waals surface area contributed by atoms with Crippen molar-refractivity contribution >= 4 is 17.5 Å². The fourth-order valence-corrected chi connectivity index (χ4v) is 3.59. The highest BCUT2D eigenvalue weighted by Gasteiger charge is 2.25. The van der Waals surface area contributed by atoms with Gasteiger partial charge in [-0.05, 0) is 30.2 Å². The number of hydrogen-bond donors (Lipinski definition) is 2. The Hall–Kier alpha value is -3.06. The van der Waals surface area contributed by atoms with E-state index in [4.69, 9.17) is 9.47 Å². The average Bonchev–Trinajstić information content (AvgIpc) is 2.78. The second kappa shape index (κ2) is 10.6. The van der Waals surface area contributed by atoms with Crippen LogP contribution in [0.2, 0.25) is 0 Å². The highest BCUT2D eigenvalue weighted by molar-refractivity contribution is 5.92. The first-order valence-electron chi connectivity index (χ1n) is 10.4. The van der Waals surface area contributed by atoms with Crippen molar-refractivity contribution in [2.24, 2.45) is 0 Å². The number of ether oxygens (including phenoxy) is 2. The molecule has 160 valence electrons. The number of benzene rings is 2. The molecule has 0 atom stereocenters. The predicted octanol–water partition coefficient (Wildman–Crippen LogP) is 1.00. The first kappa shape index (κ1) is 21.6. The van der Waals surface area contributed by atoms with E-state index in [-0.39, 0.29) is 18.4 Å². The van der Waals surface area contributed by atoms with Gasteiger partial charge in [0.1, 0.15) is 0 Å². The number of anilines is 1. The molecule has 2 amide bonds. The summed E-state index contributed by atoms with van der Waals surface area (Å²) < 4.78 is 10.9. The summed E-state index contributed by atoms with van der Waals surface area (Å²) in [4.78, 5) is 27.9. The minimum atomic E-state index is -0.0544. The van der Waals surface area contributed by atoms with E-state index < -0.39 is 0 Å². The van der Waals surface area contributed by atoms with E-state index in [0.717, 1.165) is 30.8 Å². The monoisotopic (exact) mass is 412 g/mol. The molecule has 0 spiro atoms. The molecule has 7 heteroatoms. The van der Waals surface area contributed by atoms with Crippen LogP contribution in [0.25, 0.3) is 0 Å². The number of methoxy groups -OCH3 is 1. The molecule has 1 saturated heterocycles. The fraction of sp³-hybridized carbons (Fsp3) is 0.391. The zero-order chi connectivity index (χ0) is 21.3. The molecule has 1 aliphatic rings. The molecule has 30 heavy (non-hydrogen) atoms. The second-order valence-electron chi connectivity index (χ2n) is 7.31. The van der Waals surface area contributed by atoms with E-state index in [0.29, 0.717) is 31.1 Å². The minimum absolute atomic E-state index is 0.00480. The summed E-state index contributed by atoms with van der Waals surface area (Å²) in [7, 11) is 1.57. The summed E-state index contributed by atoms with van der Waals surface area (Å²) >= 11 is 0. The lowest BCUT2D eigenvalue weighted by Gasteiger charge is -2.31. The number of nitrogens with one attached hydrogen (secondary N) is 2. The molecule has 1 fully saturated rings. The largest absolute Gasteiger partial charge is 0.493 e. The topological polar surface area (TPSA) is 72.3 Å². The van der Waals surface area contributed by atoms with Crippen LogP contribution >= 0.6 is 0 Å². The van der Waals surface area contributed by atoms with Gasteiger partial charge in [0.05, 0.1) is 33.3 Å². The average molecular weight is 413 g/mol. The van der Waals surface area contributed by atoms with Crippen LogP contribution in [0.4, 0.5) is 5.69 Å². The summed E-state index contributed by atoms with van der Waals surface area (Å²) in [6, 6.07) is 15.1. The number of carbonyl (C=O) groups is 2. The van der Waals surface area contributed by atoms with Gasteiger partial charge in [-0.2, -0.15) is 0 Å². The Balaban J connectivity index is 1.43. The molecule has 0 aliphatic carbocycles. The van der Waals surface area contributed by atoms with Crippen LogP contribution in [-0.4, -0.2) is 63.2 Å². The number of hydrogen-bond acceptors (Lipinski definition) is 4. The van der Waals surface area contributed by atoms with Crippen molar-refractivity contribution < 1.29 is 24.0 Å². The number of amides is 2. The van der Waals surface area contributed by atoms with Gasteiger partial charge >= 0.3 is 0 Å². The Labute approximate surface area is 177 Å². The van der Waals surface area contributed by atoms with Crippen LogP contribution in [0.1, 0.15) is 12.5 Å². The quantitative estimate of drug-likeness (QED) is 0.679. The molecule has 2 aromatic rings. The van der Waals surface area contributed by atoms with Crippen molar-refractivity contribution in [3.8, 4) is 11.5 Å². The highest BCUT2D eigenvalue weighted by Crippen LogP contribution is 2.25. The first-order valence-corrected chi connectivity index (χ1v) is 10.4. The Morgan fingerprint density at radius 3 is 2.40 bits per heavy atom. The lowest BCUT2D eigenvalue weighted by Crippen LogP contribution is -3.15. The van der Waals surface area contributed by atoms with Crippen LogP contribution < -0.4 is 19.7 Å². The van der Waals surface area contributed by atoms with Gasteiger partial charge in [-0.3, -0.25) is 9.59 Å². The number of rotatable bonds is 8. The van der Waals surface area contributed by atoms with Crippen molar-refractivity contribution in [3.63, 3.8) is 0 Å². The normalized spacial score (nSPS) is 14.3. The third kappa shape index (κ3) is 5.73. The van der Waals surface area contributed by atoms with Crippen molar-refractivity contribution in [3.05, 3.63) is 54.1 Å². The van der Waals surface area contributed by atoms with Gasteiger partial charge in [0.15, 0.2) is 24.7 Å². The van der Waals surface area contributed by atoms with E-state index >= 15 is 0 Å². The van der Waals surface area contributed by atoms with Crippen LogP contribution in [-0.2, 0) is 16.0 Å². The minimum Gasteiger partial charge on any atom is -0.493 e. The SMILES string of the molecule is CCc1ccccc1NC(=O)C[NH+]1CCN(C(=O)COc2ccccc2OC)CC1. The first-order chi connectivity index (χ1) is 14.6. The molecule has 0 unspecified atom stereocenters. The third-order valence-corrected chi connectivity index (χ3v) is 5.33. The van der Waals surface area contributed by atoms with Crippen molar-refractivity contribution in [1.82, 2.24) is 4.90 Å². The van der Waals surface area contributed by atoms with Crippen molar-refractivity contribution in [2.45, 2.75) is 13.3 Å². The number of piperazine rings is 1. The molecule has 1 aliphatic heterocycles. The summed E-state index contributed by atoms with van der Waals surface area (Å²) in [6.45, 7) is 5.16. The van der Waals surface area contributed by atoms with Gasteiger partial charge < -0.3 is 24.6 Å². The fourth-order valence-electron chi connectivity index (χ4n) is 3.59. The molecule has 0 aromatic heterocycles. The Morgan fingerprint density at radius 1 is 1.03 bits per heavy atom. The smallest absolute Gasteiger partial charge is 0.279 e. The molecule has 1 heterocycles. The van der Waals surface area contributed by atoms with Crippen LogP contribution in [0.3, 0.4) is 0 Å². The van der Waals surface area contributed by atoms with Gasteiger partial charge in [0.2, 0.25) is 0 Å². The van der Waals surface area contributed by atoms with Crippen molar-refractivity contribution in [1.29, 1.82) is 0 Å². The lowest BCUT2D eigenvalue weighted by molar-refractivity contribution is -0.895. The van der Waals surface area contributed by atoms with E-state index in [2.05, 4.69) is 12.2 Å². The molecular formula is C23H30N3O4+. The van der Waals surface area contributed by atoms with Crippen LogP contribution in [0, 0.1) is 0 Å². The summed E-state index contributed by atoms with van der Waals surface area (Å²) in [5.41, 5.74) is 2.01. The maximum Gasteiger partial charge on any atom is 0.279 e. The number of aryl methyl sites for hydroxylation is 1. The third-order valence-electron chi connectivity index (χ3n) is 5.33. The Morgan fingerprint density at radius 2 is 1.70 bits per heavy atom. The van der Waals surface area contributed by atoms with E-state index in [1.165, 1.54) is 4.90 Å². The lowest BCUT2D eigenvalue weighted by atomic mass is 10.1. The molecule has 0 bridgehead atoms. The zero-order valence-electron chi connectivity index (χ0n) is 17.6. The molecule has 0 radical (unpaired) electrons. The number of para-hydroxylation sites is 3. The highest BCUT2D eigenvalue weighted by atomic mass is 16.5. The Bertz CT molecular complexity index is 863. The Kier molecular flexibility index (Phi) is 7.68. The molecule has 2 aromatic carbocycles. The van der Waals surface area contributed by atoms with E-state index in [1.54, 1.807) is 24.1 Å². The van der Waals surface area contributed by atoms with Gasteiger partial charge in [-0.25, -0.2) is 0 Å².